The van der Waals surface area contributed by atoms with E-state index in [1.54, 1.807) is 6.08 Å². The van der Waals surface area contributed by atoms with Crippen LogP contribution in [-0.2, 0) is 14.3 Å². The van der Waals surface area contributed by atoms with Crippen molar-refractivity contribution in [2.24, 2.45) is 0 Å². The number of aliphatic hydroxyl groups excluding tert-OH is 2. The number of nitrogens with one attached hydrogen (secondary N) is 1. The van der Waals surface area contributed by atoms with Gasteiger partial charge in [0.1, 0.15) is 0 Å². The fourth-order valence-electron chi connectivity index (χ4n) is 9.65. The lowest BCUT2D eigenvalue weighted by molar-refractivity contribution is -0.143. The van der Waals surface area contributed by atoms with Crippen molar-refractivity contribution in [1.82, 2.24) is 5.32 Å². The lowest BCUT2D eigenvalue weighted by atomic mass is 10.0. The molecule has 0 saturated carbocycles. The molecule has 6 nitrogen and oxygen atoms in total. The van der Waals surface area contributed by atoms with Gasteiger partial charge in [-0.1, -0.05) is 287 Å². The van der Waals surface area contributed by atoms with E-state index >= 15 is 0 Å². The Hall–Kier alpha value is -2.18. The lowest BCUT2D eigenvalue weighted by Crippen LogP contribution is -2.45. The largest absolute Gasteiger partial charge is 0.466 e. The van der Waals surface area contributed by atoms with Crippen LogP contribution in [0.3, 0.4) is 0 Å². The van der Waals surface area contributed by atoms with Gasteiger partial charge in [-0.25, -0.2) is 0 Å². The molecule has 0 aliphatic carbocycles. The standard InChI is InChI=1S/C66H123NO5/c1-3-5-7-9-11-13-15-17-36-40-44-48-52-56-60-66(71)72-61-57-53-49-45-41-37-34-32-30-28-26-24-22-20-18-19-21-23-25-27-29-31-33-35-39-43-47-51-55-59-65(70)67-63(62-68)64(69)58-54-50-46-42-38-16-14-12-10-8-6-4-2/h9,11,15,17-18,20,54,58,63-64,68-69H,3-8,10,12-14,16,19,21-53,55-57,59-62H2,1-2H3,(H,67,70)/b11-9-,17-15-,20-18-,58-54+. The Balaban J connectivity index is 3.38. The minimum Gasteiger partial charge on any atom is -0.466 e. The van der Waals surface area contributed by atoms with Gasteiger partial charge in [-0.3, -0.25) is 9.59 Å². The number of rotatable bonds is 59. The summed E-state index contributed by atoms with van der Waals surface area (Å²) in [5.74, 6) is -0.0665. The van der Waals surface area contributed by atoms with Crippen molar-refractivity contribution in [1.29, 1.82) is 0 Å². The molecule has 0 saturated heterocycles. The van der Waals surface area contributed by atoms with Crippen LogP contribution in [0.25, 0.3) is 0 Å². The van der Waals surface area contributed by atoms with E-state index in [0.29, 0.717) is 19.4 Å². The molecule has 1 amide bonds. The monoisotopic (exact) mass is 1010 g/mol. The van der Waals surface area contributed by atoms with E-state index in [-0.39, 0.29) is 18.5 Å². The third kappa shape index (κ3) is 57.1. The number of unbranched alkanes of at least 4 members (excludes halogenated alkanes) is 42. The van der Waals surface area contributed by atoms with E-state index in [0.717, 1.165) is 51.4 Å². The van der Waals surface area contributed by atoms with Crippen LogP contribution in [0.4, 0.5) is 0 Å². The molecule has 0 fully saturated rings. The number of allylic oxidation sites excluding steroid dienone is 7. The van der Waals surface area contributed by atoms with Crippen molar-refractivity contribution < 1.29 is 24.5 Å². The highest BCUT2D eigenvalue weighted by Crippen LogP contribution is 2.17. The van der Waals surface area contributed by atoms with E-state index in [1.165, 1.54) is 257 Å². The summed E-state index contributed by atoms with van der Waals surface area (Å²) in [6.45, 7) is 4.86. The molecule has 0 radical (unpaired) electrons. The zero-order valence-electron chi connectivity index (χ0n) is 48.2. The molecule has 0 heterocycles. The van der Waals surface area contributed by atoms with Crippen LogP contribution >= 0.6 is 0 Å². The lowest BCUT2D eigenvalue weighted by Gasteiger charge is -2.20. The smallest absolute Gasteiger partial charge is 0.305 e. The van der Waals surface area contributed by atoms with Gasteiger partial charge in [-0.05, 0) is 83.5 Å². The molecule has 422 valence electrons. The Labute approximate surface area is 448 Å². The molecule has 0 rings (SSSR count). The Kier molecular flexibility index (Phi) is 59.5. The molecule has 2 atom stereocenters. The molecule has 6 heteroatoms. The Bertz CT molecular complexity index is 1210. The van der Waals surface area contributed by atoms with Crippen LogP contribution in [0.1, 0.15) is 335 Å². The van der Waals surface area contributed by atoms with Gasteiger partial charge in [0.05, 0.1) is 25.4 Å². The van der Waals surface area contributed by atoms with E-state index in [2.05, 4.69) is 55.6 Å². The second-order valence-electron chi connectivity index (χ2n) is 21.7. The average Bonchev–Trinajstić information content (AvgIpc) is 3.38. The number of carbonyl (C=O) groups is 2. The molecule has 0 aromatic heterocycles. The van der Waals surface area contributed by atoms with Crippen LogP contribution in [-0.4, -0.2) is 47.4 Å². The maximum atomic E-state index is 12.4. The van der Waals surface area contributed by atoms with Gasteiger partial charge in [0.25, 0.3) is 0 Å². The van der Waals surface area contributed by atoms with Crippen molar-refractivity contribution in [2.45, 2.75) is 347 Å². The number of aliphatic hydroxyl groups is 2. The fourth-order valence-corrected chi connectivity index (χ4v) is 9.65. The summed E-state index contributed by atoms with van der Waals surface area (Å²) in [4.78, 5) is 24.5. The Morgan fingerprint density at radius 1 is 0.389 bits per heavy atom. The topological polar surface area (TPSA) is 95.9 Å². The van der Waals surface area contributed by atoms with Crippen LogP contribution in [0.5, 0.6) is 0 Å². The van der Waals surface area contributed by atoms with Gasteiger partial charge in [-0.15, -0.1) is 0 Å². The van der Waals surface area contributed by atoms with Gasteiger partial charge < -0.3 is 20.3 Å². The summed E-state index contributed by atoms with van der Waals surface area (Å²) >= 11 is 0. The quantitative estimate of drug-likeness (QED) is 0.0320. The van der Waals surface area contributed by atoms with Crippen LogP contribution in [0.15, 0.2) is 48.6 Å². The maximum Gasteiger partial charge on any atom is 0.305 e. The summed E-state index contributed by atoms with van der Waals surface area (Å²) in [5, 5.41) is 23.1. The van der Waals surface area contributed by atoms with E-state index in [1.807, 2.05) is 6.08 Å². The zero-order chi connectivity index (χ0) is 52.2. The SMILES string of the molecule is CCCC/C=C\C/C=C\CCCCCCCC(=O)OCCCCCCCCCCCCCC/C=C\CCCCCCCCCCCCCCCC(=O)NC(CO)C(O)/C=C/CCCCCCCCCCCC. The predicted molar refractivity (Wildman–Crippen MR) is 315 cm³/mol. The Morgan fingerprint density at radius 2 is 0.708 bits per heavy atom. The second-order valence-corrected chi connectivity index (χ2v) is 21.7. The van der Waals surface area contributed by atoms with Crippen molar-refractivity contribution in [3.05, 3.63) is 48.6 Å². The van der Waals surface area contributed by atoms with Gasteiger partial charge in [0.2, 0.25) is 5.91 Å². The third-order valence-electron chi connectivity index (χ3n) is 14.6. The number of ether oxygens (including phenoxy) is 1. The fraction of sp³-hybridized carbons (Fsp3) is 0.848. The first-order chi connectivity index (χ1) is 35.5. The first-order valence-corrected chi connectivity index (χ1v) is 31.9. The molecule has 2 unspecified atom stereocenters. The molecule has 0 aromatic rings. The van der Waals surface area contributed by atoms with Crippen LogP contribution < -0.4 is 5.32 Å². The van der Waals surface area contributed by atoms with Crippen molar-refractivity contribution in [3.8, 4) is 0 Å². The van der Waals surface area contributed by atoms with Crippen molar-refractivity contribution in [3.63, 3.8) is 0 Å². The average molecular weight is 1010 g/mol. The highest BCUT2D eigenvalue weighted by atomic mass is 16.5. The number of carbonyl (C=O) groups excluding carboxylic acids is 2. The highest BCUT2D eigenvalue weighted by molar-refractivity contribution is 5.76. The maximum absolute atomic E-state index is 12.4. The minimum atomic E-state index is -0.843. The van der Waals surface area contributed by atoms with Crippen molar-refractivity contribution in [2.75, 3.05) is 13.2 Å². The summed E-state index contributed by atoms with van der Waals surface area (Å²) in [6, 6.07) is -0.627. The van der Waals surface area contributed by atoms with Gasteiger partial charge >= 0.3 is 5.97 Å². The highest BCUT2D eigenvalue weighted by Gasteiger charge is 2.18. The minimum absolute atomic E-state index is 0.00114. The Morgan fingerprint density at radius 3 is 1.11 bits per heavy atom. The molecular formula is C66H123NO5. The first kappa shape index (κ1) is 69.8. The number of amides is 1. The van der Waals surface area contributed by atoms with E-state index in [4.69, 9.17) is 4.74 Å². The first-order valence-electron chi connectivity index (χ1n) is 31.9. The second kappa shape index (κ2) is 61.4. The van der Waals surface area contributed by atoms with Gasteiger partial charge in [0, 0.05) is 12.8 Å². The molecule has 72 heavy (non-hydrogen) atoms. The third-order valence-corrected chi connectivity index (χ3v) is 14.6. The number of esters is 1. The number of hydrogen-bond acceptors (Lipinski definition) is 5. The molecular weight excluding hydrogens is 887 g/mol. The van der Waals surface area contributed by atoms with Gasteiger partial charge in [0.15, 0.2) is 0 Å². The van der Waals surface area contributed by atoms with Crippen LogP contribution in [0.2, 0.25) is 0 Å². The van der Waals surface area contributed by atoms with Gasteiger partial charge in [-0.2, -0.15) is 0 Å². The molecule has 0 aliphatic heterocycles. The normalized spacial score (nSPS) is 12.9. The predicted octanol–water partition coefficient (Wildman–Crippen LogP) is 20.1. The van der Waals surface area contributed by atoms with Crippen molar-refractivity contribution >= 4 is 11.9 Å². The molecule has 0 aromatic carbocycles. The zero-order valence-corrected chi connectivity index (χ0v) is 48.2. The summed E-state index contributed by atoms with van der Waals surface area (Å²) in [5.41, 5.74) is 0. The summed E-state index contributed by atoms with van der Waals surface area (Å²) in [6.07, 6.45) is 78.8. The van der Waals surface area contributed by atoms with E-state index < -0.39 is 12.1 Å². The van der Waals surface area contributed by atoms with Crippen LogP contribution in [0, 0.1) is 0 Å². The summed E-state index contributed by atoms with van der Waals surface area (Å²) < 4.78 is 5.47. The molecule has 0 spiro atoms. The molecule has 0 aliphatic rings. The number of hydrogen-bond donors (Lipinski definition) is 3. The molecule has 0 bridgehead atoms. The summed E-state index contributed by atoms with van der Waals surface area (Å²) in [7, 11) is 0. The molecule has 3 N–H and O–H groups in total. The van der Waals surface area contributed by atoms with E-state index in [9.17, 15) is 19.8 Å².